The third-order valence-electron chi connectivity index (χ3n) is 3.88. The SMILES string of the molecule is CCCN(CCC)C(=O)CC(C#N)c1ccc(C(C)C)cc1. The summed E-state index contributed by atoms with van der Waals surface area (Å²) in [6.07, 6.45) is 2.18. The van der Waals surface area contributed by atoms with Crippen molar-refractivity contribution in [2.45, 2.75) is 58.8 Å². The van der Waals surface area contributed by atoms with Crippen molar-refractivity contribution in [1.29, 1.82) is 5.26 Å². The van der Waals surface area contributed by atoms with Crippen molar-refractivity contribution in [3.8, 4) is 6.07 Å². The lowest BCUT2D eigenvalue weighted by Gasteiger charge is -2.22. The van der Waals surface area contributed by atoms with Gasteiger partial charge < -0.3 is 4.90 Å². The largest absolute Gasteiger partial charge is 0.343 e. The number of nitrogens with zero attached hydrogens (tertiary/aromatic N) is 2. The number of carbonyl (C=O) groups excluding carboxylic acids is 1. The van der Waals surface area contributed by atoms with Crippen molar-refractivity contribution in [2.24, 2.45) is 0 Å². The fourth-order valence-corrected chi connectivity index (χ4v) is 2.56. The molecule has 0 saturated carbocycles. The third-order valence-corrected chi connectivity index (χ3v) is 3.88. The molecule has 3 heteroatoms. The van der Waals surface area contributed by atoms with Crippen LogP contribution in [0, 0.1) is 11.3 Å². The lowest BCUT2D eigenvalue weighted by molar-refractivity contribution is -0.131. The molecule has 3 nitrogen and oxygen atoms in total. The average molecular weight is 300 g/mol. The average Bonchev–Trinajstić information content (AvgIpc) is 2.52. The van der Waals surface area contributed by atoms with E-state index in [0.717, 1.165) is 31.5 Å². The molecule has 1 aromatic carbocycles. The molecule has 1 amide bonds. The Kier molecular flexibility index (Phi) is 7.66. The smallest absolute Gasteiger partial charge is 0.224 e. The lowest BCUT2D eigenvalue weighted by Crippen LogP contribution is -2.33. The number of benzene rings is 1. The van der Waals surface area contributed by atoms with Crippen molar-refractivity contribution >= 4 is 5.91 Å². The van der Waals surface area contributed by atoms with E-state index >= 15 is 0 Å². The van der Waals surface area contributed by atoms with Crippen molar-refractivity contribution in [3.05, 3.63) is 35.4 Å². The zero-order valence-electron chi connectivity index (χ0n) is 14.3. The van der Waals surface area contributed by atoms with E-state index in [1.54, 1.807) is 0 Å². The zero-order chi connectivity index (χ0) is 16.5. The predicted molar refractivity (Wildman–Crippen MR) is 90.7 cm³/mol. The third kappa shape index (κ3) is 5.18. The molecule has 0 aromatic heterocycles. The molecule has 22 heavy (non-hydrogen) atoms. The first kappa shape index (κ1) is 18.2. The van der Waals surface area contributed by atoms with Crippen LogP contribution in [0.3, 0.4) is 0 Å². The maximum Gasteiger partial charge on any atom is 0.224 e. The summed E-state index contributed by atoms with van der Waals surface area (Å²) in [5, 5.41) is 9.43. The molecule has 0 heterocycles. The number of carbonyl (C=O) groups is 1. The van der Waals surface area contributed by atoms with E-state index in [1.807, 2.05) is 17.0 Å². The molecule has 0 aliphatic carbocycles. The molecule has 0 N–H and O–H groups in total. The fraction of sp³-hybridized carbons (Fsp3) is 0.579. The van der Waals surface area contributed by atoms with Crippen LogP contribution in [-0.4, -0.2) is 23.9 Å². The van der Waals surface area contributed by atoms with Crippen molar-refractivity contribution < 1.29 is 4.79 Å². The van der Waals surface area contributed by atoms with Gasteiger partial charge in [0.1, 0.15) is 0 Å². The van der Waals surface area contributed by atoms with Gasteiger partial charge in [-0.1, -0.05) is 52.0 Å². The van der Waals surface area contributed by atoms with Gasteiger partial charge in [-0.15, -0.1) is 0 Å². The van der Waals surface area contributed by atoms with Gasteiger partial charge in [0.15, 0.2) is 0 Å². The molecule has 0 spiro atoms. The second-order valence-corrected chi connectivity index (χ2v) is 6.09. The van der Waals surface area contributed by atoms with E-state index < -0.39 is 0 Å². The van der Waals surface area contributed by atoms with E-state index in [4.69, 9.17) is 0 Å². The molecule has 0 saturated heterocycles. The summed E-state index contributed by atoms with van der Waals surface area (Å²) >= 11 is 0. The monoisotopic (exact) mass is 300 g/mol. The maximum atomic E-state index is 12.4. The van der Waals surface area contributed by atoms with Gasteiger partial charge in [0.25, 0.3) is 0 Å². The minimum Gasteiger partial charge on any atom is -0.343 e. The minimum absolute atomic E-state index is 0.0863. The van der Waals surface area contributed by atoms with Gasteiger partial charge >= 0.3 is 0 Å². The van der Waals surface area contributed by atoms with E-state index in [1.165, 1.54) is 5.56 Å². The number of hydrogen-bond acceptors (Lipinski definition) is 2. The summed E-state index contributed by atoms with van der Waals surface area (Å²) in [5.41, 5.74) is 2.19. The number of nitriles is 1. The highest BCUT2D eigenvalue weighted by molar-refractivity contribution is 5.77. The number of amides is 1. The predicted octanol–water partition coefficient (Wildman–Crippen LogP) is 4.46. The van der Waals surface area contributed by atoms with Gasteiger partial charge in [0, 0.05) is 19.5 Å². The van der Waals surface area contributed by atoms with Gasteiger partial charge in [0.05, 0.1) is 12.0 Å². The Labute approximate surface area is 134 Å². The molecule has 120 valence electrons. The molecule has 1 unspecified atom stereocenters. The Morgan fingerprint density at radius 2 is 1.59 bits per heavy atom. The van der Waals surface area contributed by atoms with Crippen LogP contribution in [0.25, 0.3) is 0 Å². The molecular weight excluding hydrogens is 272 g/mol. The summed E-state index contributed by atoms with van der Waals surface area (Å²) < 4.78 is 0. The Balaban J connectivity index is 2.79. The summed E-state index contributed by atoms with van der Waals surface area (Å²) in [5.74, 6) is 0.203. The maximum absolute atomic E-state index is 12.4. The van der Waals surface area contributed by atoms with Crippen LogP contribution in [0.4, 0.5) is 0 Å². The van der Waals surface area contributed by atoms with E-state index in [9.17, 15) is 10.1 Å². The van der Waals surface area contributed by atoms with Gasteiger partial charge in [-0.05, 0) is 29.9 Å². The van der Waals surface area contributed by atoms with Crippen LogP contribution in [0.1, 0.15) is 69.9 Å². The van der Waals surface area contributed by atoms with Crippen LogP contribution in [0.15, 0.2) is 24.3 Å². The Morgan fingerprint density at radius 3 is 2.00 bits per heavy atom. The molecule has 1 atom stereocenters. The Bertz CT molecular complexity index is 493. The minimum atomic E-state index is -0.357. The van der Waals surface area contributed by atoms with Gasteiger partial charge in [0.2, 0.25) is 5.91 Å². The zero-order valence-corrected chi connectivity index (χ0v) is 14.3. The quantitative estimate of drug-likeness (QED) is 0.711. The highest BCUT2D eigenvalue weighted by Crippen LogP contribution is 2.23. The van der Waals surface area contributed by atoms with Gasteiger partial charge in [-0.25, -0.2) is 0 Å². The summed E-state index contributed by atoms with van der Waals surface area (Å²) in [7, 11) is 0. The van der Waals surface area contributed by atoms with E-state index in [0.29, 0.717) is 5.92 Å². The standard InChI is InChI=1S/C19H28N2O/c1-5-11-21(12-6-2)19(22)13-18(14-20)17-9-7-16(8-10-17)15(3)4/h7-10,15,18H,5-6,11-13H2,1-4H3. The first-order valence-corrected chi connectivity index (χ1v) is 8.30. The topological polar surface area (TPSA) is 44.1 Å². The van der Waals surface area contributed by atoms with Gasteiger partial charge in [-0.3, -0.25) is 4.79 Å². The molecular formula is C19H28N2O. The molecule has 1 aromatic rings. The molecule has 0 aliphatic heterocycles. The first-order valence-electron chi connectivity index (χ1n) is 8.30. The Hall–Kier alpha value is -1.82. The first-order chi connectivity index (χ1) is 10.5. The molecule has 0 radical (unpaired) electrons. The van der Waals surface area contributed by atoms with Crippen molar-refractivity contribution in [3.63, 3.8) is 0 Å². The number of hydrogen-bond donors (Lipinski definition) is 0. The van der Waals surface area contributed by atoms with Crippen LogP contribution < -0.4 is 0 Å². The number of rotatable bonds is 8. The van der Waals surface area contributed by atoms with Crippen molar-refractivity contribution in [1.82, 2.24) is 4.90 Å². The molecule has 1 rings (SSSR count). The normalized spacial score (nSPS) is 12.0. The van der Waals surface area contributed by atoms with Gasteiger partial charge in [-0.2, -0.15) is 5.26 Å². The second-order valence-electron chi connectivity index (χ2n) is 6.09. The highest BCUT2D eigenvalue weighted by Gasteiger charge is 2.19. The van der Waals surface area contributed by atoms with E-state index in [2.05, 4.69) is 45.9 Å². The van der Waals surface area contributed by atoms with E-state index in [-0.39, 0.29) is 18.2 Å². The van der Waals surface area contributed by atoms with Crippen LogP contribution in [-0.2, 0) is 4.79 Å². The summed E-state index contributed by atoms with van der Waals surface area (Å²) in [6, 6.07) is 10.4. The van der Waals surface area contributed by atoms with Crippen LogP contribution >= 0.6 is 0 Å². The fourth-order valence-electron chi connectivity index (χ4n) is 2.56. The van der Waals surface area contributed by atoms with Crippen LogP contribution in [0.5, 0.6) is 0 Å². The molecule has 0 fully saturated rings. The van der Waals surface area contributed by atoms with Crippen LogP contribution in [0.2, 0.25) is 0 Å². The highest BCUT2D eigenvalue weighted by atomic mass is 16.2. The second kappa shape index (κ2) is 9.25. The summed E-state index contributed by atoms with van der Waals surface area (Å²) in [4.78, 5) is 14.3. The molecule has 0 aliphatic rings. The Morgan fingerprint density at radius 1 is 1.09 bits per heavy atom. The summed E-state index contributed by atoms with van der Waals surface area (Å²) in [6.45, 7) is 9.99. The molecule has 0 bridgehead atoms. The van der Waals surface area contributed by atoms with Crippen molar-refractivity contribution in [2.75, 3.05) is 13.1 Å². The lowest BCUT2D eigenvalue weighted by atomic mass is 9.93.